The first-order valence-corrected chi connectivity index (χ1v) is 21.8. The fourth-order valence-corrected chi connectivity index (χ4v) is 4.34. The molecule has 0 bridgehead atoms. The molecule has 0 aliphatic carbocycles. The highest BCUT2D eigenvalue weighted by molar-refractivity contribution is 8.14. The van der Waals surface area contributed by atoms with Gasteiger partial charge in [0.05, 0.1) is 0 Å². The third kappa shape index (κ3) is 110. The van der Waals surface area contributed by atoms with Gasteiger partial charge in [0.2, 0.25) is 0 Å². The lowest BCUT2D eigenvalue weighted by Gasteiger charge is -2.11. The number of hydrogen-bond acceptors (Lipinski definition) is 8. The first-order chi connectivity index (χ1) is 22.9. The first-order valence-electron chi connectivity index (χ1n) is 19.2. The minimum absolute atomic E-state index is 0. The molecule has 0 saturated heterocycles. The second-order valence-electron chi connectivity index (χ2n) is 11.8. The maximum atomic E-state index is 11.3. The molecule has 0 aromatic carbocycles. The third-order valence-electron chi connectivity index (χ3n) is 5.79. The number of rotatable bonds is 14. The van der Waals surface area contributed by atoms with Gasteiger partial charge in [-0.25, -0.2) is 0 Å². The van der Waals surface area contributed by atoms with Crippen molar-refractivity contribution in [2.24, 2.45) is 46.4 Å². The molecule has 0 aromatic rings. The molecule has 5 atom stereocenters. The molecule has 7 nitrogen and oxygen atoms in total. The van der Waals surface area contributed by atoms with Crippen LogP contribution in [0.4, 0.5) is 0 Å². The number of carbonyl (C=O) groups excluding carboxylic acids is 2. The van der Waals surface area contributed by atoms with E-state index in [9.17, 15) is 9.59 Å². The zero-order chi connectivity index (χ0) is 42.0. The largest absolute Gasteiger partial charge is 0.333 e. The molecule has 0 spiro atoms. The van der Waals surface area contributed by atoms with E-state index in [2.05, 4.69) is 105 Å². The molecule has 0 aliphatic rings. The second kappa shape index (κ2) is 78.0. The van der Waals surface area contributed by atoms with Gasteiger partial charge in [-0.2, -0.15) is 22.2 Å². The second-order valence-corrected chi connectivity index (χ2v) is 15.9. The van der Waals surface area contributed by atoms with Crippen molar-refractivity contribution in [3.63, 3.8) is 0 Å². The molecular weight excluding hydrogens is 659 g/mol. The van der Waals surface area contributed by atoms with Gasteiger partial charge in [-0.3, -0.25) is 9.59 Å². The minimum Gasteiger partial charge on any atom is -0.333 e. The molecular formula is C41H105N5O2S2. The fraction of sp³-hybridized carbons (Fsp3) is 0.927. The lowest BCUT2D eigenvalue weighted by Crippen LogP contribution is -2.17. The van der Waals surface area contributed by atoms with E-state index in [0.29, 0.717) is 28.1 Å². The maximum Gasteiger partial charge on any atom is 0.138 e. The van der Waals surface area contributed by atoms with Gasteiger partial charge in [0, 0.05) is 29.9 Å². The van der Waals surface area contributed by atoms with Crippen LogP contribution in [0.5, 0.6) is 0 Å². The summed E-state index contributed by atoms with van der Waals surface area (Å²) in [4.78, 5) is 21.9. The van der Waals surface area contributed by atoms with Crippen LogP contribution in [-0.2, 0) is 9.59 Å². The molecule has 0 radical (unpaired) electrons. The molecule has 0 saturated carbocycles. The topological polar surface area (TPSA) is 164 Å². The number of Topliss-reactive ketones (excluding diaryl/α,β-unsaturated/α-hetero) is 2. The van der Waals surface area contributed by atoms with Gasteiger partial charge in [-0.15, -0.1) is 0 Å². The van der Waals surface area contributed by atoms with Gasteiger partial charge in [-0.1, -0.05) is 131 Å². The Morgan fingerprint density at radius 3 is 1.00 bits per heavy atom. The van der Waals surface area contributed by atoms with Crippen LogP contribution in [0.25, 0.3) is 0 Å². The molecule has 9 heteroatoms. The maximum absolute atomic E-state index is 11.3. The van der Waals surface area contributed by atoms with E-state index in [1.165, 1.54) is 52.5 Å². The lowest BCUT2D eigenvalue weighted by molar-refractivity contribution is -0.126. The SMILES string of the molecule is C.C=S(CC)C(C)CC.CC(C)C.CC(C)N.CCC(C)C(=O)C(C)CC.CCCC(=O)CCC.CCSC(C)CC.CN.CN.CN.CN. The number of ketones is 2. The lowest BCUT2D eigenvalue weighted by atomic mass is 9.92. The minimum atomic E-state index is 0. The van der Waals surface area contributed by atoms with Crippen LogP contribution in [0.2, 0.25) is 0 Å². The van der Waals surface area contributed by atoms with Crippen molar-refractivity contribution in [2.75, 3.05) is 39.7 Å². The quantitative estimate of drug-likeness (QED) is 0.109. The summed E-state index contributed by atoms with van der Waals surface area (Å²) in [5, 5.41) is 1.70. The van der Waals surface area contributed by atoms with Crippen molar-refractivity contribution >= 4 is 39.7 Å². The highest BCUT2D eigenvalue weighted by Crippen LogP contribution is 2.19. The van der Waals surface area contributed by atoms with Crippen LogP contribution in [0.1, 0.15) is 176 Å². The molecule has 0 amide bonds. The van der Waals surface area contributed by atoms with Crippen LogP contribution in [0.15, 0.2) is 0 Å². The van der Waals surface area contributed by atoms with Gasteiger partial charge in [0.1, 0.15) is 11.6 Å². The van der Waals surface area contributed by atoms with Crippen molar-refractivity contribution in [1.82, 2.24) is 0 Å². The van der Waals surface area contributed by atoms with Crippen LogP contribution >= 0.6 is 22.2 Å². The average molecular weight is 764 g/mol. The smallest absolute Gasteiger partial charge is 0.138 e. The van der Waals surface area contributed by atoms with Crippen molar-refractivity contribution < 1.29 is 9.59 Å². The van der Waals surface area contributed by atoms with Crippen molar-refractivity contribution in [1.29, 1.82) is 0 Å². The van der Waals surface area contributed by atoms with Crippen molar-refractivity contribution in [3.05, 3.63) is 0 Å². The Hall–Kier alpha value is -0.290. The Morgan fingerprint density at radius 2 is 0.880 bits per heavy atom. The number of nitrogens with two attached hydrogens (primary N) is 5. The molecule has 10 N–H and O–H groups in total. The Balaban J connectivity index is -0.0000000395. The van der Waals surface area contributed by atoms with Gasteiger partial charge in [0.15, 0.2) is 0 Å². The molecule has 0 aliphatic heterocycles. The summed E-state index contributed by atoms with van der Waals surface area (Å²) >= 11 is 2.03. The zero-order valence-electron chi connectivity index (χ0n) is 37.8. The summed E-state index contributed by atoms with van der Waals surface area (Å²) in [7, 11) is 6.43. The fourth-order valence-electron chi connectivity index (χ4n) is 2.49. The molecule has 5 unspecified atom stereocenters. The summed E-state index contributed by atoms with van der Waals surface area (Å²) in [6.45, 7) is 36.0. The summed E-state index contributed by atoms with van der Waals surface area (Å²) in [5.74, 6) is 8.74. The normalized spacial score (nSPS) is 11.5. The van der Waals surface area contributed by atoms with Crippen molar-refractivity contribution in [2.45, 2.75) is 193 Å². The summed E-state index contributed by atoms with van der Waals surface area (Å²) < 4.78 is 0. The van der Waals surface area contributed by atoms with E-state index < -0.39 is 0 Å². The Bertz CT molecular complexity index is 522. The molecule has 0 aromatic heterocycles. The number of hydrogen-bond donors (Lipinski definition) is 5. The Kier molecular flexibility index (Phi) is 123. The molecule has 50 heavy (non-hydrogen) atoms. The summed E-state index contributed by atoms with van der Waals surface area (Å²) in [6, 6.07) is 0.333. The van der Waals surface area contributed by atoms with Crippen molar-refractivity contribution in [3.8, 4) is 0 Å². The standard InChI is InChI=1S/C9H18O.C7H14O.C7H16S.C6H14S.C4H10.C3H9N.4CH5N.CH4/c1-5-7(3)9(10)8(4)6-2;1-3-5-7(8)6-4-2;1-5-7(3)8(4)6-2;1-4-6(3)7-5-2;1-4(2)3;1-3(2)4;4*1-2;/h7-8H,5-6H2,1-4H3;3-6H2,1-2H3;7H,4-6H2,1-3H3;6H,4-5H2,1-3H3;4H,1-3H3;3H,4H2,1-2H3;4*2H2,1H3;1H4. The van der Waals surface area contributed by atoms with Crippen LogP contribution in [0, 0.1) is 17.8 Å². The van der Waals surface area contributed by atoms with E-state index in [0.717, 1.165) is 54.9 Å². The van der Waals surface area contributed by atoms with Gasteiger partial charge in [0.25, 0.3) is 0 Å². The Labute approximate surface area is 327 Å². The predicted octanol–water partition coefficient (Wildman–Crippen LogP) is 10.8. The van der Waals surface area contributed by atoms with E-state index in [1.54, 1.807) is 0 Å². The molecule has 0 rings (SSSR count). The van der Waals surface area contributed by atoms with E-state index in [4.69, 9.17) is 5.73 Å². The zero-order valence-corrected chi connectivity index (χ0v) is 39.4. The predicted molar refractivity (Wildman–Crippen MR) is 249 cm³/mol. The van der Waals surface area contributed by atoms with E-state index in [-0.39, 0.29) is 19.3 Å². The number of thioether (sulfide) groups is 1. The molecule has 0 heterocycles. The summed E-state index contributed by atoms with van der Waals surface area (Å²) in [6.07, 6.45) is 8.07. The molecule has 318 valence electrons. The van der Waals surface area contributed by atoms with Gasteiger partial charge in [-0.05, 0) is 95.4 Å². The van der Waals surface area contributed by atoms with E-state index >= 15 is 0 Å². The highest BCUT2D eigenvalue weighted by atomic mass is 32.2. The highest BCUT2D eigenvalue weighted by Gasteiger charge is 2.15. The summed E-state index contributed by atoms with van der Waals surface area (Å²) in [5.41, 5.74) is 23.1. The average Bonchev–Trinajstić information content (AvgIpc) is 3.10. The van der Waals surface area contributed by atoms with Crippen LogP contribution < -0.4 is 28.7 Å². The van der Waals surface area contributed by atoms with Crippen LogP contribution in [-0.4, -0.2) is 73.7 Å². The first kappa shape index (κ1) is 78.7. The molecule has 0 fully saturated rings. The Morgan fingerprint density at radius 1 is 0.600 bits per heavy atom. The third-order valence-corrected chi connectivity index (χ3v) is 9.24. The number of carbonyl (C=O) groups is 2. The monoisotopic (exact) mass is 764 g/mol. The van der Waals surface area contributed by atoms with Gasteiger partial charge >= 0.3 is 0 Å². The van der Waals surface area contributed by atoms with Gasteiger partial charge < -0.3 is 28.7 Å². The van der Waals surface area contributed by atoms with E-state index in [1.807, 2.05) is 53.3 Å². The van der Waals surface area contributed by atoms with Crippen LogP contribution in [0.3, 0.4) is 0 Å².